The molecule has 0 fully saturated rings. The monoisotopic (exact) mass is 344 g/mol. The Kier molecular flexibility index (Phi) is 5.56. The molecule has 0 spiro atoms. The lowest BCUT2D eigenvalue weighted by Gasteiger charge is -2.10. The highest BCUT2D eigenvalue weighted by atomic mass is 35.5. The second kappa shape index (κ2) is 7.41. The van der Waals surface area contributed by atoms with Gasteiger partial charge in [0.2, 0.25) is 0 Å². The minimum atomic E-state index is -0.437. The van der Waals surface area contributed by atoms with Gasteiger partial charge in [-0.3, -0.25) is 0 Å². The molecule has 0 bridgehead atoms. The number of anilines is 1. The third-order valence-electron chi connectivity index (χ3n) is 2.46. The number of carbonyl (C=O) groups excluding carboxylic acids is 1. The molecule has 0 atom stereocenters. The molecule has 0 heterocycles. The zero-order valence-electron chi connectivity index (χ0n) is 10.7. The molecule has 2 rings (SSSR count). The van der Waals surface area contributed by atoms with Gasteiger partial charge in [0.05, 0.1) is 10.7 Å². The fourth-order valence-corrected chi connectivity index (χ4v) is 2.05. The standard InChI is InChI=1S/C14H11Cl3N2O2/c15-9-1-4-11(5-2-9)21-8-18-14(20)19-13-6-3-10(16)7-12(13)17/h1-7H,8H2,(H2,18,19,20). The highest BCUT2D eigenvalue weighted by molar-refractivity contribution is 6.36. The van der Waals surface area contributed by atoms with E-state index in [1.807, 2.05) is 0 Å². The number of hydrogen-bond donors (Lipinski definition) is 2. The van der Waals surface area contributed by atoms with Crippen molar-refractivity contribution in [2.45, 2.75) is 0 Å². The number of amides is 2. The van der Waals surface area contributed by atoms with Crippen LogP contribution in [0, 0.1) is 0 Å². The number of carbonyl (C=O) groups is 1. The minimum absolute atomic E-state index is 0.0126. The lowest BCUT2D eigenvalue weighted by Crippen LogP contribution is -2.32. The van der Waals surface area contributed by atoms with Crippen LogP contribution in [-0.2, 0) is 0 Å². The summed E-state index contributed by atoms with van der Waals surface area (Å²) in [7, 11) is 0. The molecule has 4 nitrogen and oxygen atoms in total. The number of rotatable bonds is 4. The van der Waals surface area contributed by atoms with Gasteiger partial charge in [-0.15, -0.1) is 0 Å². The average molecular weight is 346 g/mol. The first-order valence-electron chi connectivity index (χ1n) is 5.93. The first kappa shape index (κ1) is 15.8. The van der Waals surface area contributed by atoms with Gasteiger partial charge < -0.3 is 15.4 Å². The molecule has 0 unspecified atom stereocenters. The van der Waals surface area contributed by atoms with Crippen LogP contribution >= 0.6 is 34.8 Å². The molecule has 2 amide bonds. The fourth-order valence-electron chi connectivity index (χ4n) is 1.47. The van der Waals surface area contributed by atoms with Crippen LogP contribution in [0.5, 0.6) is 5.75 Å². The van der Waals surface area contributed by atoms with Crippen molar-refractivity contribution < 1.29 is 9.53 Å². The van der Waals surface area contributed by atoms with E-state index >= 15 is 0 Å². The van der Waals surface area contributed by atoms with Gasteiger partial charge in [-0.1, -0.05) is 34.8 Å². The number of hydrogen-bond acceptors (Lipinski definition) is 2. The van der Waals surface area contributed by atoms with E-state index in [-0.39, 0.29) is 6.73 Å². The molecule has 0 radical (unpaired) electrons. The molecule has 0 aliphatic rings. The van der Waals surface area contributed by atoms with Crippen molar-refractivity contribution in [3.05, 3.63) is 57.5 Å². The van der Waals surface area contributed by atoms with Gasteiger partial charge in [-0.25, -0.2) is 4.79 Å². The third kappa shape index (κ3) is 5.01. The van der Waals surface area contributed by atoms with Crippen molar-refractivity contribution in [3.63, 3.8) is 0 Å². The average Bonchev–Trinajstić information content (AvgIpc) is 2.44. The van der Waals surface area contributed by atoms with E-state index in [0.29, 0.717) is 26.5 Å². The van der Waals surface area contributed by atoms with Gasteiger partial charge in [0.15, 0.2) is 6.73 Å². The van der Waals surface area contributed by atoms with Crippen molar-refractivity contribution in [1.29, 1.82) is 0 Å². The lowest BCUT2D eigenvalue weighted by molar-refractivity contribution is 0.234. The van der Waals surface area contributed by atoms with Crippen molar-refractivity contribution in [2.75, 3.05) is 12.0 Å². The number of urea groups is 1. The van der Waals surface area contributed by atoms with E-state index in [1.165, 1.54) is 0 Å². The van der Waals surface area contributed by atoms with Gasteiger partial charge >= 0.3 is 6.03 Å². The van der Waals surface area contributed by atoms with Gasteiger partial charge in [0.25, 0.3) is 0 Å². The van der Waals surface area contributed by atoms with E-state index in [2.05, 4.69) is 10.6 Å². The largest absolute Gasteiger partial charge is 0.473 e. The van der Waals surface area contributed by atoms with Crippen LogP contribution in [0.15, 0.2) is 42.5 Å². The Labute approximate surface area is 137 Å². The SMILES string of the molecule is O=C(NCOc1ccc(Cl)cc1)Nc1ccc(Cl)cc1Cl. The summed E-state index contributed by atoms with van der Waals surface area (Å²) in [5, 5.41) is 6.60. The highest BCUT2D eigenvalue weighted by Gasteiger charge is 2.05. The van der Waals surface area contributed by atoms with Gasteiger partial charge in [0.1, 0.15) is 5.75 Å². The summed E-state index contributed by atoms with van der Waals surface area (Å²) < 4.78 is 5.33. The van der Waals surface area contributed by atoms with Crippen LogP contribution in [0.2, 0.25) is 15.1 Å². The molecule has 2 aromatic carbocycles. The topological polar surface area (TPSA) is 50.4 Å². The third-order valence-corrected chi connectivity index (χ3v) is 3.26. The maximum absolute atomic E-state index is 11.7. The van der Waals surface area contributed by atoms with Crippen LogP contribution in [0.1, 0.15) is 0 Å². The van der Waals surface area contributed by atoms with Crippen molar-refractivity contribution in [3.8, 4) is 5.75 Å². The molecule has 2 N–H and O–H groups in total. The Balaban J connectivity index is 1.81. The molecule has 0 aromatic heterocycles. The summed E-state index contributed by atoms with van der Waals surface area (Å²) in [6.45, 7) is 0.0126. The Bertz CT molecular complexity index is 633. The molecule has 2 aromatic rings. The Morgan fingerprint density at radius 2 is 1.67 bits per heavy atom. The van der Waals surface area contributed by atoms with Gasteiger partial charge in [-0.05, 0) is 42.5 Å². The predicted octanol–water partition coefficient (Wildman–Crippen LogP) is 4.80. The van der Waals surface area contributed by atoms with Gasteiger partial charge in [0, 0.05) is 10.0 Å². The molecular formula is C14H11Cl3N2O2. The minimum Gasteiger partial charge on any atom is -0.473 e. The number of halogens is 3. The van der Waals surface area contributed by atoms with E-state index in [0.717, 1.165) is 0 Å². The summed E-state index contributed by atoms with van der Waals surface area (Å²) in [5.74, 6) is 0.601. The summed E-state index contributed by atoms with van der Waals surface area (Å²) in [6.07, 6.45) is 0. The maximum Gasteiger partial charge on any atom is 0.321 e. The van der Waals surface area contributed by atoms with E-state index in [1.54, 1.807) is 42.5 Å². The first-order valence-corrected chi connectivity index (χ1v) is 7.06. The molecular weight excluding hydrogens is 335 g/mol. The van der Waals surface area contributed by atoms with E-state index in [9.17, 15) is 4.79 Å². The summed E-state index contributed by atoms with van der Waals surface area (Å²) in [4.78, 5) is 11.7. The summed E-state index contributed by atoms with van der Waals surface area (Å²) >= 11 is 17.5. The molecule has 110 valence electrons. The van der Waals surface area contributed by atoms with Crippen LogP contribution in [0.25, 0.3) is 0 Å². The number of ether oxygens (including phenoxy) is 1. The second-order valence-corrected chi connectivity index (χ2v) is 5.28. The van der Waals surface area contributed by atoms with E-state index < -0.39 is 6.03 Å². The Hall–Kier alpha value is -1.62. The Morgan fingerprint density at radius 1 is 1.00 bits per heavy atom. The van der Waals surface area contributed by atoms with E-state index in [4.69, 9.17) is 39.5 Å². The highest BCUT2D eigenvalue weighted by Crippen LogP contribution is 2.25. The van der Waals surface area contributed by atoms with Crippen LogP contribution < -0.4 is 15.4 Å². The molecule has 7 heteroatoms. The van der Waals surface area contributed by atoms with Crippen LogP contribution in [0.3, 0.4) is 0 Å². The van der Waals surface area contributed by atoms with Crippen molar-refractivity contribution in [2.24, 2.45) is 0 Å². The first-order chi connectivity index (χ1) is 10.0. The second-order valence-electron chi connectivity index (χ2n) is 4.00. The molecule has 0 saturated heterocycles. The normalized spacial score (nSPS) is 10.0. The lowest BCUT2D eigenvalue weighted by atomic mass is 10.3. The fraction of sp³-hybridized carbons (Fsp3) is 0.0714. The smallest absolute Gasteiger partial charge is 0.321 e. The van der Waals surface area contributed by atoms with Gasteiger partial charge in [-0.2, -0.15) is 0 Å². The zero-order chi connectivity index (χ0) is 15.2. The van der Waals surface area contributed by atoms with Crippen molar-refractivity contribution in [1.82, 2.24) is 5.32 Å². The quantitative estimate of drug-likeness (QED) is 0.782. The maximum atomic E-state index is 11.7. The molecule has 0 aliphatic carbocycles. The molecule has 0 aliphatic heterocycles. The summed E-state index contributed by atoms with van der Waals surface area (Å²) in [6, 6.07) is 11.2. The zero-order valence-corrected chi connectivity index (χ0v) is 13.0. The van der Waals surface area contributed by atoms with Crippen LogP contribution in [0.4, 0.5) is 10.5 Å². The number of benzene rings is 2. The predicted molar refractivity (Wildman–Crippen MR) is 85.6 cm³/mol. The van der Waals surface area contributed by atoms with Crippen molar-refractivity contribution >= 4 is 46.5 Å². The molecule has 21 heavy (non-hydrogen) atoms. The number of nitrogens with one attached hydrogen (secondary N) is 2. The Morgan fingerprint density at radius 3 is 2.33 bits per heavy atom. The van der Waals surface area contributed by atoms with Crippen LogP contribution in [-0.4, -0.2) is 12.8 Å². The molecule has 0 saturated carbocycles. The summed E-state index contributed by atoms with van der Waals surface area (Å²) in [5.41, 5.74) is 0.463.